The summed E-state index contributed by atoms with van der Waals surface area (Å²) < 4.78 is 0. The molecule has 4 rings (SSSR count). The second-order valence-corrected chi connectivity index (χ2v) is 6.98. The number of nitrogens with zero attached hydrogens (tertiary/aromatic N) is 4. The highest BCUT2D eigenvalue weighted by Crippen LogP contribution is 2.25. The SMILES string of the molecule is Nc1nc(CN2CCN3CCCCC3C2)nc2sccc12. The van der Waals surface area contributed by atoms with Crippen LogP contribution in [0.4, 0.5) is 5.82 Å². The predicted molar refractivity (Wildman–Crippen MR) is 86.3 cm³/mol. The molecule has 5 nitrogen and oxygen atoms in total. The van der Waals surface area contributed by atoms with E-state index in [2.05, 4.69) is 19.8 Å². The van der Waals surface area contributed by atoms with E-state index in [0.29, 0.717) is 5.82 Å². The summed E-state index contributed by atoms with van der Waals surface area (Å²) in [6.07, 6.45) is 4.08. The van der Waals surface area contributed by atoms with Crippen molar-refractivity contribution in [1.29, 1.82) is 0 Å². The number of hydrogen-bond donors (Lipinski definition) is 1. The van der Waals surface area contributed by atoms with E-state index in [-0.39, 0.29) is 0 Å². The van der Waals surface area contributed by atoms with Crippen molar-refractivity contribution in [1.82, 2.24) is 19.8 Å². The second-order valence-electron chi connectivity index (χ2n) is 6.09. The molecule has 0 radical (unpaired) electrons. The zero-order chi connectivity index (χ0) is 14.2. The number of piperidine rings is 1. The fourth-order valence-electron chi connectivity index (χ4n) is 3.56. The van der Waals surface area contributed by atoms with Gasteiger partial charge in [-0.2, -0.15) is 0 Å². The monoisotopic (exact) mass is 303 g/mol. The molecule has 2 fully saturated rings. The minimum absolute atomic E-state index is 0.618. The standard InChI is InChI=1S/C15H21N5S/c16-14-12-4-8-21-15(12)18-13(17-14)10-19-6-7-20-5-2-1-3-11(20)9-19/h4,8,11H,1-3,5-7,9-10H2,(H2,16,17,18). The van der Waals surface area contributed by atoms with Crippen LogP contribution in [-0.4, -0.2) is 52.0 Å². The summed E-state index contributed by atoms with van der Waals surface area (Å²) in [6.45, 7) is 5.54. The van der Waals surface area contributed by atoms with Gasteiger partial charge in [-0.1, -0.05) is 6.42 Å². The normalized spacial score (nSPS) is 24.3. The Morgan fingerprint density at radius 3 is 3.14 bits per heavy atom. The minimum atomic E-state index is 0.618. The molecule has 0 bridgehead atoms. The molecule has 6 heteroatoms. The van der Waals surface area contributed by atoms with Crippen LogP contribution in [0.3, 0.4) is 0 Å². The van der Waals surface area contributed by atoms with Crippen molar-refractivity contribution in [3.8, 4) is 0 Å². The van der Waals surface area contributed by atoms with Gasteiger partial charge >= 0.3 is 0 Å². The smallest absolute Gasteiger partial charge is 0.146 e. The van der Waals surface area contributed by atoms with E-state index in [1.165, 1.54) is 32.4 Å². The Bertz CT molecular complexity index is 640. The predicted octanol–water partition coefficient (Wildman–Crippen LogP) is 1.94. The van der Waals surface area contributed by atoms with Crippen molar-refractivity contribution in [2.24, 2.45) is 0 Å². The van der Waals surface area contributed by atoms with Gasteiger partial charge in [0.05, 0.1) is 11.9 Å². The van der Waals surface area contributed by atoms with Crippen LogP contribution >= 0.6 is 11.3 Å². The van der Waals surface area contributed by atoms with Gasteiger partial charge in [-0.15, -0.1) is 11.3 Å². The Kier molecular flexibility index (Phi) is 3.52. The summed E-state index contributed by atoms with van der Waals surface area (Å²) in [5.74, 6) is 1.49. The molecule has 21 heavy (non-hydrogen) atoms. The first-order valence-electron chi connectivity index (χ1n) is 7.75. The molecule has 0 spiro atoms. The molecular formula is C15H21N5S. The fourth-order valence-corrected chi connectivity index (χ4v) is 4.35. The number of nitrogen functional groups attached to an aromatic ring is 1. The highest BCUT2D eigenvalue weighted by Gasteiger charge is 2.29. The van der Waals surface area contributed by atoms with Crippen LogP contribution in [0.5, 0.6) is 0 Å². The third-order valence-corrected chi connectivity index (χ3v) is 5.49. The van der Waals surface area contributed by atoms with Gasteiger partial charge < -0.3 is 5.73 Å². The van der Waals surface area contributed by atoms with E-state index in [4.69, 9.17) is 5.73 Å². The summed E-state index contributed by atoms with van der Waals surface area (Å²) in [5.41, 5.74) is 6.04. The zero-order valence-corrected chi connectivity index (χ0v) is 13.0. The number of nitrogens with two attached hydrogens (primary N) is 1. The summed E-state index contributed by atoms with van der Waals surface area (Å²) in [6, 6.07) is 2.73. The first-order chi connectivity index (χ1) is 10.3. The van der Waals surface area contributed by atoms with Crippen LogP contribution in [-0.2, 0) is 6.54 Å². The summed E-state index contributed by atoms with van der Waals surface area (Å²) >= 11 is 1.64. The molecule has 2 aliphatic heterocycles. The Balaban J connectivity index is 1.49. The maximum atomic E-state index is 6.04. The van der Waals surface area contributed by atoms with E-state index in [9.17, 15) is 0 Å². The van der Waals surface area contributed by atoms with E-state index >= 15 is 0 Å². The average molecular weight is 303 g/mol. The van der Waals surface area contributed by atoms with Crippen LogP contribution in [0.1, 0.15) is 25.1 Å². The highest BCUT2D eigenvalue weighted by molar-refractivity contribution is 7.16. The second kappa shape index (κ2) is 5.51. The number of aromatic nitrogens is 2. The average Bonchev–Trinajstić information content (AvgIpc) is 2.96. The van der Waals surface area contributed by atoms with Crippen molar-refractivity contribution in [3.05, 3.63) is 17.3 Å². The van der Waals surface area contributed by atoms with Gasteiger partial charge in [0.15, 0.2) is 0 Å². The van der Waals surface area contributed by atoms with Crippen LogP contribution in [0.2, 0.25) is 0 Å². The largest absolute Gasteiger partial charge is 0.383 e. The van der Waals surface area contributed by atoms with Gasteiger partial charge in [0, 0.05) is 25.7 Å². The summed E-state index contributed by atoms with van der Waals surface area (Å²) in [5, 5.41) is 3.01. The fraction of sp³-hybridized carbons (Fsp3) is 0.600. The Labute approximate surface area is 128 Å². The Morgan fingerprint density at radius 1 is 1.24 bits per heavy atom. The molecule has 0 amide bonds. The molecule has 112 valence electrons. The minimum Gasteiger partial charge on any atom is -0.383 e. The van der Waals surface area contributed by atoms with E-state index in [1.807, 2.05) is 11.4 Å². The number of hydrogen-bond acceptors (Lipinski definition) is 6. The van der Waals surface area contributed by atoms with E-state index < -0.39 is 0 Å². The van der Waals surface area contributed by atoms with E-state index in [1.54, 1.807) is 11.3 Å². The first kappa shape index (κ1) is 13.4. The highest BCUT2D eigenvalue weighted by atomic mass is 32.1. The molecule has 2 N–H and O–H groups in total. The lowest BCUT2D eigenvalue weighted by Gasteiger charge is -2.43. The zero-order valence-electron chi connectivity index (χ0n) is 12.2. The molecule has 2 aromatic rings. The van der Waals surface area contributed by atoms with Crippen molar-refractivity contribution >= 4 is 27.4 Å². The third kappa shape index (κ3) is 2.63. The van der Waals surface area contributed by atoms with E-state index in [0.717, 1.165) is 41.7 Å². The van der Waals surface area contributed by atoms with Gasteiger partial charge in [0.2, 0.25) is 0 Å². The molecule has 0 aliphatic carbocycles. The Hall–Kier alpha value is -1.24. The molecule has 1 unspecified atom stereocenters. The number of anilines is 1. The lowest BCUT2D eigenvalue weighted by molar-refractivity contribution is 0.0445. The number of rotatable bonds is 2. The van der Waals surface area contributed by atoms with Crippen molar-refractivity contribution < 1.29 is 0 Å². The van der Waals surface area contributed by atoms with Crippen molar-refractivity contribution in [3.63, 3.8) is 0 Å². The number of fused-ring (bicyclic) bond motifs is 2. The molecule has 0 aromatic carbocycles. The lowest BCUT2D eigenvalue weighted by atomic mass is 9.99. The molecule has 1 atom stereocenters. The molecular weight excluding hydrogens is 282 g/mol. The topological polar surface area (TPSA) is 58.3 Å². The third-order valence-electron chi connectivity index (χ3n) is 4.69. The van der Waals surface area contributed by atoms with Crippen molar-refractivity contribution in [2.75, 3.05) is 31.9 Å². The molecule has 2 aromatic heterocycles. The van der Waals surface area contributed by atoms with Gasteiger partial charge in [0.25, 0.3) is 0 Å². The molecule has 4 heterocycles. The van der Waals surface area contributed by atoms with Gasteiger partial charge in [-0.3, -0.25) is 9.80 Å². The van der Waals surface area contributed by atoms with Gasteiger partial charge in [0.1, 0.15) is 16.5 Å². The first-order valence-corrected chi connectivity index (χ1v) is 8.63. The maximum absolute atomic E-state index is 6.04. The van der Waals surface area contributed by atoms with Gasteiger partial charge in [-0.05, 0) is 30.8 Å². The molecule has 0 saturated carbocycles. The molecule has 2 saturated heterocycles. The Morgan fingerprint density at radius 2 is 2.19 bits per heavy atom. The van der Waals surface area contributed by atoms with Crippen LogP contribution < -0.4 is 5.73 Å². The van der Waals surface area contributed by atoms with Gasteiger partial charge in [-0.25, -0.2) is 9.97 Å². The number of thiophene rings is 1. The summed E-state index contributed by atoms with van der Waals surface area (Å²) in [4.78, 5) is 15.3. The van der Waals surface area contributed by atoms with Crippen LogP contribution in [0, 0.1) is 0 Å². The molecule has 2 aliphatic rings. The number of piperazine rings is 1. The quantitative estimate of drug-likeness (QED) is 0.919. The summed E-state index contributed by atoms with van der Waals surface area (Å²) in [7, 11) is 0. The maximum Gasteiger partial charge on any atom is 0.146 e. The van der Waals surface area contributed by atoms with Crippen molar-refractivity contribution in [2.45, 2.75) is 31.8 Å². The van der Waals surface area contributed by atoms with Crippen LogP contribution in [0.25, 0.3) is 10.2 Å². The van der Waals surface area contributed by atoms with Crippen LogP contribution in [0.15, 0.2) is 11.4 Å². The lowest BCUT2D eigenvalue weighted by Crippen LogP contribution is -2.54.